The quantitative estimate of drug-likeness (QED) is 0.0630. The van der Waals surface area contributed by atoms with E-state index in [1.54, 1.807) is 0 Å². The molecular formula is C37H76O9. The van der Waals surface area contributed by atoms with Gasteiger partial charge in [-0.2, -0.15) is 0 Å². The van der Waals surface area contributed by atoms with Crippen molar-refractivity contribution in [3.05, 3.63) is 0 Å². The summed E-state index contributed by atoms with van der Waals surface area (Å²) < 4.78 is 0. The molecule has 0 radical (unpaired) electrons. The standard InChI is InChI=1S/4C8H16O2.C5H12O/c4*1-2-3-4-5-6-7-8(9)10;1-5(2,3)4-6/h4*2-7H2,1H3,(H,9,10);6H,4H2,1-3H3. The Balaban J connectivity index is -0.000000154. The third kappa shape index (κ3) is 83.9. The van der Waals surface area contributed by atoms with E-state index in [0.29, 0.717) is 25.7 Å². The van der Waals surface area contributed by atoms with Crippen LogP contribution in [0.3, 0.4) is 0 Å². The first-order chi connectivity index (χ1) is 21.6. The van der Waals surface area contributed by atoms with Gasteiger partial charge in [-0.3, -0.25) is 19.2 Å². The van der Waals surface area contributed by atoms with Crippen molar-refractivity contribution in [2.45, 2.75) is 203 Å². The van der Waals surface area contributed by atoms with Gasteiger partial charge >= 0.3 is 23.9 Å². The third-order valence-electron chi connectivity index (χ3n) is 6.45. The SMILES string of the molecule is CC(C)(C)CO.CCCCCCCC(=O)O.CCCCCCCC(=O)O.CCCCCCCC(=O)O.CCCCCCCC(=O)O. The van der Waals surface area contributed by atoms with Gasteiger partial charge in [0.15, 0.2) is 0 Å². The van der Waals surface area contributed by atoms with Crippen LogP contribution in [0.15, 0.2) is 0 Å². The van der Waals surface area contributed by atoms with E-state index < -0.39 is 23.9 Å². The van der Waals surface area contributed by atoms with Crippen molar-refractivity contribution >= 4 is 23.9 Å². The highest BCUT2D eigenvalue weighted by Gasteiger charge is 2.05. The molecule has 0 heterocycles. The molecule has 0 unspecified atom stereocenters. The van der Waals surface area contributed by atoms with Gasteiger partial charge in [0.2, 0.25) is 0 Å². The maximum absolute atomic E-state index is 10.0. The Hall–Kier alpha value is -2.16. The van der Waals surface area contributed by atoms with Gasteiger partial charge in [-0.25, -0.2) is 0 Å². The minimum Gasteiger partial charge on any atom is -0.481 e. The molecule has 0 bridgehead atoms. The van der Waals surface area contributed by atoms with Gasteiger partial charge in [0.1, 0.15) is 0 Å². The second kappa shape index (κ2) is 45.0. The van der Waals surface area contributed by atoms with E-state index in [1.165, 1.54) is 77.0 Å². The molecule has 0 rings (SSSR count). The number of carbonyl (C=O) groups is 4. The van der Waals surface area contributed by atoms with Gasteiger partial charge in [0.25, 0.3) is 0 Å². The number of aliphatic hydroxyl groups is 1. The zero-order chi connectivity index (χ0) is 36.5. The lowest BCUT2D eigenvalue weighted by Gasteiger charge is -2.11. The van der Waals surface area contributed by atoms with Gasteiger partial charge in [-0.05, 0) is 31.1 Å². The summed E-state index contributed by atoms with van der Waals surface area (Å²) >= 11 is 0. The van der Waals surface area contributed by atoms with Crippen molar-refractivity contribution in [1.82, 2.24) is 0 Å². The van der Waals surface area contributed by atoms with Crippen molar-refractivity contribution in [2.75, 3.05) is 6.61 Å². The van der Waals surface area contributed by atoms with Crippen LogP contribution >= 0.6 is 0 Å². The van der Waals surface area contributed by atoms with Crippen molar-refractivity contribution in [1.29, 1.82) is 0 Å². The molecule has 0 aliphatic carbocycles. The van der Waals surface area contributed by atoms with Crippen LogP contribution in [0, 0.1) is 5.41 Å². The number of hydrogen-bond donors (Lipinski definition) is 5. The summed E-state index contributed by atoms with van der Waals surface area (Å²) in [4.78, 5) is 40.1. The highest BCUT2D eigenvalue weighted by Crippen LogP contribution is 2.09. The van der Waals surface area contributed by atoms with Crippen molar-refractivity contribution in [3.63, 3.8) is 0 Å². The van der Waals surface area contributed by atoms with Gasteiger partial charge in [0, 0.05) is 32.3 Å². The lowest BCUT2D eigenvalue weighted by molar-refractivity contribution is -0.138. The number of carboxylic acids is 4. The Labute approximate surface area is 283 Å². The van der Waals surface area contributed by atoms with Crippen LogP contribution in [0.5, 0.6) is 0 Å². The van der Waals surface area contributed by atoms with Gasteiger partial charge in [0.05, 0.1) is 0 Å². The summed E-state index contributed by atoms with van der Waals surface area (Å²) in [7, 11) is 0. The highest BCUT2D eigenvalue weighted by atomic mass is 16.4. The first kappa shape index (κ1) is 53.3. The molecule has 0 saturated carbocycles. The van der Waals surface area contributed by atoms with Gasteiger partial charge in [-0.1, -0.05) is 151 Å². The maximum atomic E-state index is 10.0. The molecule has 46 heavy (non-hydrogen) atoms. The largest absolute Gasteiger partial charge is 0.481 e. The molecule has 0 aromatic rings. The van der Waals surface area contributed by atoms with Crippen LogP contribution in [0.2, 0.25) is 0 Å². The predicted molar refractivity (Wildman–Crippen MR) is 191 cm³/mol. The molecule has 9 nitrogen and oxygen atoms in total. The number of rotatable bonds is 24. The van der Waals surface area contributed by atoms with Crippen LogP contribution in [0.4, 0.5) is 0 Å². The van der Waals surface area contributed by atoms with Crippen LogP contribution in [-0.4, -0.2) is 56.0 Å². The van der Waals surface area contributed by atoms with E-state index >= 15 is 0 Å². The van der Waals surface area contributed by atoms with Crippen molar-refractivity contribution < 1.29 is 44.7 Å². The minimum atomic E-state index is -0.670. The number of aliphatic carboxylic acids is 4. The monoisotopic (exact) mass is 665 g/mol. The number of unbranched alkanes of at least 4 members (excludes halogenated alkanes) is 16. The van der Waals surface area contributed by atoms with Crippen molar-refractivity contribution in [2.24, 2.45) is 5.41 Å². The summed E-state index contributed by atoms with van der Waals surface area (Å²) in [6.07, 6.45) is 23.5. The molecule has 0 aliphatic rings. The van der Waals surface area contributed by atoms with Crippen LogP contribution in [0.25, 0.3) is 0 Å². The summed E-state index contributed by atoms with van der Waals surface area (Å²) in [5.74, 6) is -2.68. The number of aliphatic hydroxyl groups excluding tert-OH is 1. The Morgan fingerprint density at radius 3 is 0.630 bits per heavy atom. The van der Waals surface area contributed by atoms with E-state index in [2.05, 4.69) is 27.7 Å². The van der Waals surface area contributed by atoms with Crippen LogP contribution in [0.1, 0.15) is 203 Å². The Kier molecular flexibility index (Phi) is 52.1. The van der Waals surface area contributed by atoms with Crippen LogP contribution in [-0.2, 0) is 19.2 Å². The predicted octanol–water partition coefficient (Wildman–Crippen LogP) is 10.8. The molecule has 9 heteroatoms. The number of carboxylic acid groups (broad SMARTS) is 4. The van der Waals surface area contributed by atoms with E-state index in [0.717, 1.165) is 51.4 Å². The fourth-order valence-corrected chi connectivity index (χ4v) is 3.52. The Morgan fingerprint density at radius 1 is 0.370 bits per heavy atom. The van der Waals surface area contributed by atoms with E-state index in [9.17, 15) is 19.2 Å². The molecule has 0 fully saturated rings. The topological polar surface area (TPSA) is 169 Å². The molecule has 0 spiro atoms. The van der Waals surface area contributed by atoms with Gasteiger partial charge in [-0.15, -0.1) is 0 Å². The molecule has 0 saturated heterocycles. The fraction of sp³-hybridized carbons (Fsp3) is 0.892. The smallest absolute Gasteiger partial charge is 0.303 e. The minimum absolute atomic E-state index is 0.0972. The second-order valence-corrected chi connectivity index (χ2v) is 13.0. The normalized spacial score (nSPS) is 10.0. The summed E-state index contributed by atoms with van der Waals surface area (Å²) in [6, 6.07) is 0. The van der Waals surface area contributed by atoms with Crippen molar-refractivity contribution in [3.8, 4) is 0 Å². The van der Waals surface area contributed by atoms with E-state index in [4.69, 9.17) is 25.5 Å². The lowest BCUT2D eigenvalue weighted by Crippen LogP contribution is -2.09. The Morgan fingerprint density at radius 2 is 0.522 bits per heavy atom. The highest BCUT2D eigenvalue weighted by molar-refractivity contribution is 5.67. The zero-order valence-electron chi connectivity index (χ0n) is 31.0. The first-order valence-electron chi connectivity index (χ1n) is 18.1. The molecule has 0 aliphatic heterocycles. The maximum Gasteiger partial charge on any atom is 0.303 e. The lowest BCUT2D eigenvalue weighted by atomic mass is 9.99. The first-order valence-corrected chi connectivity index (χ1v) is 18.1. The Bertz CT molecular complexity index is 547. The molecule has 278 valence electrons. The zero-order valence-corrected chi connectivity index (χ0v) is 31.0. The molecule has 0 aromatic heterocycles. The molecule has 0 aromatic carbocycles. The summed E-state index contributed by atoms with van der Waals surface area (Å²) in [5.41, 5.74) is 0.0972. The average Bonchev–Trinajstić information content (AvgIpc) is 2.97. The molecule has 0 amide bonds. The molecular weight excluding hydrogens is 588 g/mol. The summed E-state index contributed by atoms with van der Waals surface area (Å²) in [5, 5.41) is 41.5. The van der Waals surface area contributed by atoms with E-state index in [-0.39, 0.29) is 12.0 Å². The third-order valence-corrected chi connectivity index (χ3v) is 6.45. The van der Waals surface area contributed by atoms with Gasteiger partial charge < -0.3 is 25.5 Å². The molecule has 5 N–H and O–H groups in total. The molecule has 0 atom stereocenters. The second-order valence-electron chi connectivity index (χ2n) is 13.0. The van der Waals surface area contributed by atoms with E-state index in [1.807, 2.05) is 20.8 Å². The average molecular weight is 665 g/mol. The number of hydrogen-bond acceptors (Lipinski definition) is 5. The van der Waals surface area contributed by atoms with Crippen LogP contribution < -0.4 is 0 Å². The summed E-state index contributed by atoms with van der Waals surface area (Å²) in [6.45, 7) is 14.8. The fourth-order valence-electron chi connectivity index (χ4n) is 3.52.